The molecule has 0 aliphatic carbocycles. The highest BCUT2D eigenvalue weighted by molar-refractivity contribution is 5.94. The molecule has 0 saturated carbocycles. The van der Waals surface area contributed by atoms with Gasteiger partial charge in [-0.25, -0.2) is 4.98 Å². The van der Waals surface area contributed by atoms with Gasteiger partial charge in [-0.1, -0.05) is 12.1 Å². The van der Waals surface area contributed by atoms with Gasteiger partial charge in [-0.3, -0.25) is 9.59 Å². The van der Waals surface area contributed by atoms with Gasteiger partial charge in [0.15, 0.2) is 5.69 Å². The van der Waals surface area contributed by atoms with Crippen LogP contribution in [0.2, 0.25) is 0 Å². The largest absolute Gasteiger partial charge is 0.335 e. The molecule has 1 N–H and O–H groups in total. The number of hydrogen-bond acceptors (Lipinski definition) is 4. The fourth-order valence-electron chi connectivity index (χ4n) is 3.66. The van der Waals surface area contributed by atoms with Gasteiger partial charge < -0.3 is 14.8 Å². The van der Waals surface area contributed by atoms with E-state index in [9.17, 15) is 9.59 Å². The smallest absolute Gasteiger partial charge is 0.280 e. The van der Waals surface area contributed by atoms with Crippen LogP contribution in [0, 0.1) is 5.92 Å². The van der Waals surface area contributed by atoms with E-state index < -0.39 is 5.56 Å². The number of amides is 1. The fourth-order valence-corrected chi connectivity index (χ4v) is 3.66. The van der Waals surface area contributed by atoms with Crippen molar-refractivity contribution in [1.29, 1.82) is 0 Å². The number of likely N-dealkylation sites (tertiary alicyclic amines) is 2. The van der Waals surface area contributed by atoms with Gasteiger partial charge >= 0.3 is 0 Å². The SMILES string of the molecule is CN1CC[C@H]2CN(C(=O)c3nc4ccccc4[nH]c3=O)C[C@H]21. The number of para-hydroxylation sites is 2. The van der Waals surface area contributed by atoms with Gasteiger partial charge in [-0.15, -0.1) is 0 Å². The Hall–Kier alpha value is -2.21. The first-order valence-electron chi connectivity index (χ1n) is 7.62. The molecule has 2 saturated heterocycles. The Bertz CT molecular complexity index is 800. The van der Waals surface area contributed by atoms with E-state index in [4.69, 9.17) is 0 Å². The van der Waals surface area contributed by atoms with Gasteiger partial charge in [0.1, 0.15) is 0 Å². The minimum atomic E-state index is -0.408. The van der Waals surface area contributed by atoms with Crippen LogP contribution in [-0.2, 0) is 0 Å². The second kappa shape index (κ2) is 4.91. The predicted octanol–water partition coefficient (Wildman–Crippen LogP) is 0.699. The molecule has 6 nitrogen and oxygen atoms in total. The molecule has 2 atom stereocenters. The topological polar surface area (TPSA) is 69.3 Å². The first-order chi connectivity index (χ1) is 10.6. The highest BCUT2D eigenvalue weighted by Gasteiger charge is 2.42. The number of aromatic amines is 1. The Labute approximate surface area is 127 Å². The molecule has 2 fully saturated rings. The number of benzene rings is 1. The maximum absolute atomic E-state index is 12.7. The van der Waals surface area contributed by atoms with E-state index in [0.717, 1.165) is 19.5 Å². The van der Waals surface area contributed by atoms with E-state index in [0.29, 0.717) is 29.5 Å². The maximum atomic E-state index is 12.7. The Morgan fingerprint density at radius 2 is 2.14 bits per heavy atom. The highest BCUT2D eigenvalue weighted by Crippen LogP contribution is 2.30. The summed E-state index contributed by atoms with van der Waals surface area (Å²) < 4.78 is 0. The van der Waals surface area contributed by atoms with Gasteiger partial charge in [0.25, 0.3) is 11.5 Å². The standard InChI is InChI=1S/C16H18N4O2/c1-19-7-6-10-8-20(9-13(10)19)16(22)14-15(21)18-12-5-3-2-4-11(12)17-14/h2-5,10,13H,6-9H2,1H3,(H,18,21)/t10-,13+/m0/s1. The Morgan fingerprint density at radius 1 is 1.32 bits per heavy atom. The lowest BCUT2D eigenvalue weighted by molar-refractivity contribution is 0.0767. The number of carbonyl (C=O) groups excluding carboxylic acids is 1. The van der Waals surface area contributed by atoms with Crippen LogP contribution in [0.4, 0.5) is 0 Å². The first kappa shape index (κ1) is 13.5. The van der Waals surface area contributed by atoms with Crippen molar-refractivity contribution in [3.63, 3.8) is 0 Å². The number of H-pyrrole nitrogens is 1. The minimum Gasteiger partial charge on any atom is -0.335 e. The number of nitrogens with one attached hydrogen (secondary N) is 1. The molecule has 114 valence electrons. The predicted molar refractivity (Wildman–Crippen MR) is 82.8 cm³/mol. The molecule has 4 rings (SSSR count). The molecule has 0 bridgehead atoms. The van der Waals surface area contributed by atoms with Crippen LogP contribution in [-0.4, -0.2) is 58.4 Å². The van der Waals surface area contributed by atoms with Gasteiger partial charge in [0.2, 0.25) is 0 Å². The van der Waals surface area contributed by atoms with Crippen molar-refractivity contribution < 1.29 is 4.79 Å². The normalized spacial score (nSPS) is 24.9. The Balaban J connectivity index is 1.66. The molecule has 1 amide bonds. The van der Waals surface area contributed by atoms with Gasteiger partial charge in [-0.05, 0) is 38.1 Å². The van der Waals surface area contributed by atoms with E-state index in [-0.39, 0.29) is 11.6 Å². The number of nitrogens with zero attached hydrogens (tertiary/aromatic N) is 3. The van der Waals surface area contributed by atoms with Crippen LogP contribution in [0.3, 0.4) is 0 Å². The summed E-state index contributed by atoms with van der Waals surface area (Å²) in [5, 5.41) is 0. The molecule has 0 radical (unpaired) electrons. The fraction of sp³-hybridized carbons (Fsp3) is 0.438. The summed E-state index contributed by atoms with van der Waals surface area (Å²) in [6, 6.07) is 7.68. The van der Waals surface area contributed by atoms with Crippen LogP contribution >= 0.6 is 0 Å². The second-order valence-corrected chi connectivity index (χ2v) is 6.24. The third-order valence-corrected chi connectivity index (χ3v) is 4.91. The van der Waals surface area contributed by atoms with Crippen LogP contribution in [0.5, 0.6) is 0 Å². The van der Waals surface area contributed by atoms with Crippen molar-refractivity contribution in [3.8, 4) is 0 Å². The lowest BCUT2D eigenvalue weighted by Crippen LogP contribution is -2.37. The summed E-state index contributed by atoms with van der Waals surface area (Å²) in [7, 11) is 2.10. The van der Waals surface area contributed by atoms with E-state index >= 15 is 0 Å². The molecule has 2 aliphatic rings. The monoisotopic (exact) mass is 298 g/mol. The van der Waals surface area contributed by atoms with E-state index in [2.05, 4.69) is 21.9 Å². The van der Waals surface area contributed by atoms with E-state index in [1.165, 1.54) is 0 Å². The van der Waals surface area contributed by atoms with E-state index in [1.54, 1.807) is 17.0 Å². The van der Waals surface area contributed by atoms with Crippen molar-refractivity contribution in [1.82, 2.24) is 19.8 Å². The van der Waals surface area contributed by atoms with Crippen molar-refractivity contribution in [2.45, 2.75) is 12.5 Å². The molecule has 0 unspecified atom stereocenters. The Kier molecular flexibility index (Phi) is 3.00. The molecule has 3 heterocycles. The third-order valence-electron chi connectivity index (χ3n) is 4.91. The summed E-state index contributed by atoms with van der Waals surface area (Å²) in [6.45, 7) is 2.50. The summed E-state index contributed by atoms with van der Waals surface area (Å²) in [5.41, 5.74) is 0.888. The minimum absolute atomic E-state index is 0.00123. The number of fused-ring (bicyclic) bond motifs is 2. The quantitative estimate of drug-likeness (QED) is 0.841. The summed E-state index contributed by atoms with van der Waals surface area (Å²) in [6.07, 6.45) is 1.12. The summed E-state index contributed by atoms with van der Waals surface area (Å²) >= 11 is 0. The molecule has 2 aromatic rings. The Morgan fingerprint density at radius 3 is 2.95 bits per heavy atom. The summed E-state index contributed by atoms with van der Waals surface area (Å²) in [4.78, 5) is 35.9. The molecule has 0 spiro atoms. The van der Waals surface area contributed by atoms with Gasteiger partial charge in [0.05, 0.1) is 11.0 Å². The molecular formula is C16H18N4O2. The lowest BCUT2D eigenvalue weighted by Gasteiger charge is -2.20. The molecular weight excluding hydrogens is 280 g/mol. The molecule has 1 aromatic carbocycles. The zero-order valence-corrected chi connectivity index (χ0v) is 12.5. The van der Waals surface area contributed by atoms with E-state index in [1.807, 2.05) is 12.1 Å². The molecule has 2 aliphatic heterocycles. The number of rotatable bonds is 1. The van der Waals surface area contributed by atoms with Crippen LogP contribution in [0.25, 0.3) is 11.0 Å². The van der Waals surface area contributed by atoms with Crippen molar-refractivity contribution >= 4 is 16.9 Å². The maximum Gasteiger partial charge on any atom is 0.280 e. The third kappa shape index (κ3) is 2.02. The van der Waals surface area contributed by atoms with Gasteiger partial charge in [-0.2, -0.15) is 0 Å². The lowest BCUT2D eigenvalue weighted by atomic mass is 10.1. The second-order valence-electron chi connectivity index (χ2n) is 6.24. The van der Waals surface area contributed by atoms with Crippen LogP contribution in [0.1, 0.15) is 16.9 Å². The zero-order valence-electron chi connectivity index (χ0n) is 12.5. The van der Waals surface area contributed by atoms with Gasteiger partial charge in [0, 0.05) is 19.1 Å². The number of carbonyl (C=O) groups is 1. The molecule has 1 aromatic heterocycles. The molecule has 6 heteroatoms. The van der Waals surface area contributed by atoms with Crippen molar-refractivity contribution in [2.24, 2.45) is 5.92 Å². The molecule has 22 heavy (non-hydrogen) atoms. The van der Waals surface area contributed by atoms with Crippen LogP contribution in [0.15, 0.2) is 29.1 Å². The number of hydrogen-bond donors (Lipinski definition) is 1. The van der Waals surface area contributed by atoms with Crippen molar-refractivity contribution in [2.75, 3.05) is 26.7 Å². The average Bonchev–Trinajstić information content (AvgIpc) is 3.08. The van der Waals surface area contributed by atoms with Crippen LogP contribution < -0.4 is 5.56 Å². The number of aromatic nitrogens is 2. The zero-order chi connectivity index (χ0) is 15.3. The summed E-state index contributed by atoms with van der Waals surface area (Å²) in [5.74, 6) is 0.267. The highest BCUT2D eigenvalue weighted by atomic mass is 16.2. The first-order valence-corrected chi connectivity index (χ1v) is 7.62. The number of likely N-dealkylation sites (N-methyl/N-ethyl adjacent to an activating group) is 1. The van der Waals surface area contributed by atoms with Crippen molar-refractivity contribution in [3.05, 3.63) is 40.3 Å². The average molecular weight is 298 g/mol.